The lowest BCUT2D eigenvalue weighted by Crippen LogP contribution is -2.04. The van der Waals surface area contributed by atoms with Crippen molar-refractivity contribution in [2.24, 2.45) is 0 Å². The molecule has 0 spiro atoms. The number of thiazole rings is 1. The van der Waals surface area contributed by atoms with E-state index < -0.39 is 5.09 Å². The first-order chi connectivity index (χ1) is 11.0. The van der Waals surface area contributed by atoms with E-state index in [4.69, 9.17) is 4.74 Å². The lowest BCUT2D eigenvalue weighted by molar-refractivity contribution is -0.757. The van der Waals surface area contributed by atoms with Gasteiger partial charge in [0.25, 0.3) is 5.09 Å². The molecule has 0 bridgehead atoms. The normalized spacial score (nSPS) is 9.78. The molecule has 1 heterocycles. The largest absolute Gasteiger partial charge is 0.496 e. The number of nitrogens with zero attached hydrogens (tertiary/aromatic N) is 2. The van der Waals surface area contributed by atoms with Gasteiger partial charge in [0.1, 0.15) is 17.4 Å². The number of aromatic nitrogens is 1. The Morgan fingerprint density at radius 1 is 1.30 bits per heavy atom. The van der Waals surface area contributed by atoms with Crippen LogP contribution >= 0.6 is 11.3 Å². The minimum absolute atomic E-state index is 0.0421. The molecule has 23 heavy (non-hydrogen) atoms. The molecule has 0 saturated heterocycles. The fourth-order valence-electron chi connectivity index (χ4n) is 1.98. The molecule has 0 amide bonds. The van der Waals surface area contributed by atoms with Gasteiger partial charge in [-0.15, -0.1) is 21.5 Å². The van der Waals surface area contributed by atoms with Crippen LogP contribution in [-0.4, -0.2) is 23.8 Å². The maximum atomic E-state index is 10.2. The number of hydrogen-bond donors (Lipinski definition) is 0. The number of hydrogen-bond acceptors (Lipinski definition) is 6. The molecule has 0 atom stereocenters. The molecule has 2 aromatic rings. The fraction of sp³-hybridized carbons (Fsp3) is 0.438. The van der Waals surface area contributed by atoms with Gasteiger partial charge in [-0.2, -0.15) is 0 Å². The van der Waals surface area contributed by atoms with Crippen LogP contribution in [0.15, 0.2) is 18.2 Å². The van der Waals surface area contributed by atoms with Gasteiger partial charge >= 0.3 is 0 Å². The molecule has 0 radical (unpaired) electrons. The average Bonchev–Trinajstić information content (AvgIpc) is 2.90. The van der Waals surface area contributed by atoms with Crippen molar-refractivity contribution in [1.29, 1.82) is 0 Å². The Bertz CT molecular complexity index is 656. The lowest BCUT2D eigenvalue weighted by atomic mass is 10.1. The molecule has 126 valence electrons. The number of ether oxygens (including phenoxy) is 1. The van der Waals surface area contributed by atoms with Crippen LogP contribution < -0.4 is 4.74 Å². The van der Waals surface area contributed by atoms with Gasteiger partial charge in [-0.1, -0.05) is 25.5 Å². The van der Waals surface area contributed by atoms with Crippen molar-refractivity contribution in [2.75, 3.05) is 13.7 Å². The molecule has 0 unspecified atom stereocenters. The Hall–Kier alpha value is -2.15. The van der Waals surface area contributed by atoms with Crippen molar-refractivity contribution >= 4 is 11.3 Å². The first kappa shape index (κ1) is 18.9. The number of aryl methyl sites for hydroxylation is 2. The Labute approximate surface area is 140 Å². The average molecular weight is 338 g/mol. The molecule has 1 aromatic carbocycles. The van der Waals surface area contributed by atoms with Crippen LogP contribution in [0.3, 0.4) is 0 Å². The monoisotopic (exact) mass is 338 g/mol. The van der Waals surface area contributed by atoms with Crippen molar-refractivity contribution < 1.29 is 14.7 Å². The summed E-state index contributed by atoms with van der Waals surface area (Å²) in [6.07, 6.45) is 0.471. The third-order valence-corrected chi connectivity index (χ3v) is 4.25. The van der Waals surface area contributed by atoms with Crippen molar-refractivity contribution in [1.82, 2.24) is 4.98 Å². The van der Waals surface area contributed by atoms with Crippen LogP contribution in [0.5, 0.6) is 5.75 Å². The van der Waals surface area contributed by atoms with Gasteiger partial charge in [0.05, 0.1) is 18.4 Å². The number of rotatable bonds is 6. The molecule has 2 rings (SSSR count). The van der Waals surface area contributed by atoms with Gasteiger partial charge < -0.3 is 9.57 Å². The Morgan fingerprint density at radius 3 is 2.61 bits per heavy atom. The number of benzene rings is 1. The predicted molar refractivity (Wildman–Crippen MR) is 91.6 cm³/mol. The molecular weight excluding hydrogens is 316 g/mol. The lowest BCUT2D eigenvalue weighted by Gasteiger charge is -2.06. The van der Waals surface area contributed by atoms with Crippen molar-refractivity contribution in [2.45, 2.75) is 34.1 Å². The molecule has 0 N–H and O–H groups in total. The highest BCUT2D eigenvalue weighted by Gasteiger charge is 2.14. The van der Waals surface area contributed by atoms with E-state index in [0.717, 1.165) is 32.5 Å². The third-order valence-electron chi connectivity index (χ3n) is 3.00. The predicted octanol–water partition coefficient (Wildman–Crippen LogP) is 4.21. The zero-order chi connectivity index (χ0) is 17.4. The van der Waals surface area contributed by atoms with Crippen LogP contribution in [0.4, 0.5) is 0 Å². The van der Waals surface area contributed by atoms with Gasteiger partial charge in [0.15, 0.2) is 0 Å². The van der Waals surface area contributed by atoms with Gasteiger partial charge in [-0.3, -0.25) is 0 Å². The molecule has 1 aromatic heterocycles. The van der Waals surface area contributed by atoms with Gasteiger partial charge in [-0.25, -0.2) is 4.98 Å². The van der Waals surface area contributed by atoms with Crippen LogP contribution in [0.25, 0.3) is 10.6 Å². The maximum absolute atomic E-state index is 10.2. The molecule has 0 aliphatic heterocycles. The molecule has 0 fully saturated rings. The summed E-state index contributed by atoms with van der Waals surface area (Å²) in [6, 6.07) is 5.92. The van der Waals surface area contributed by atoms with Gasteiger partial charge in [0, 0.05) is 11.3 Å². The highest BCUT2D eigenvalue weighted by Crippen LogP contribution is 2.35. The molecule has 0 aliphatic carbocycles. The first-order valence-electron chi connectivity index (χ1n) is 7.40. The summed E-state index contributed by atoms with van der Waals surface area (Å²) in [5.41, 5.74) is 2.93. The summed E-state index contributed by atoms with van der Waals surface area (Å²) in [5.74, 6) is 0.766. The maximum Gasteiger partial charge on any atom is 0.294 e. The van der Waals surface area contributed by atoms with Crippen molar-refractivity contribution in [3.63, 3.8) is 0 Å². The fourth-order valence-corrected chi connectivity index (χ4v) is 3.04. The minimum atomic E-state index is -0.777. The van der Waals surface area contributed by atoms with Crippen LogP contribution in [0.1, 0.15) is 30.0 Å². The van der Waals surface area contributed by atoms with E-state index in [1.54, 1.807) is 7.11 Å². The summed E-state index contributed by atoms with van der Waals surface area (Å²) < 4.78 is 5.37. The number of methoxy groups -OCH3 is 1. The van der Waals surface area contributed by atoms with E-state index in [-0.39, 0.29) is 6.61 Å². The standard InChI is InChI=1S/C14H16N2O4S.C2H6/c1-9-4-5-12(19-3)11(8-9)14-15-10(2)13(21-14)6-7-20-16(17)18;1-2/h4-5,8H,6-7H2,1-3H3;1-2H3. The second kappa shape index (κ2) is 9.09. The second-order valence-corrected chi connectivity index (χ2v) is 5.62. The Kier molecular flexibility index (Phi) is 7.47. The van der Waals surface area contributed by atoms with E-state index in [2.05, 4.69) is 9.82 Å². The van der Waals surface area contributed by atoms with Crippen LogP contribution in [0, 0.1) is 24.0 Å². The van der Waals surface area contributed by atoms with Gasteiger partial charge in [0.2, 0.25) is 0 Å². The van der Waals surface area contributed by atoms with E-state index in [1.165, 1.54) is 11.3 Å². The minimum Gasteiger partial charge on any atom is -0.496 e. The van der Waals surface area contributed by atoms with E-state index >= 15 is 0 Å². The summed E-state index contributed by atoms with van der Waals surface area (Å²) in [7, 11) is 1.63. The molecule has 7 heteroatoms. The Morgan fingerprint density at radius 2 is 2.00 bits per heavy atom. The summed E-state index contributed by atoms with van der Waals surface area (Å²) >= 11 is 1.51. The zero-order valence-electron chi connectivity index (χ0n) is 14.1. The van der Waals surface area contributed by atoms with E-state index in [1.807, 2.05) is 45.9 Å². The SMILES string of the molecule is CC.COc1ccc(C)cc1-c1nc(C)c(CCO[N+](=O)[O-])s1. The summed E-state index contributed by atoms with van der Waals surface area (Å²) in [5, 5.41) is 10.3. The Balaban J connectivity index is 0.00000127. The van der Waals surface area contributed by atoms with Crippen LogP contribution in [-0.2, 0) is 11.3 Å². The van der Waals surface area contributed by atoms with Gasteiger partial charge in [-0.05, 0) is 26.0 Å². The van der Waals surface area contributed by atoms with E-state index in [9.17, 15) is 10.1 Å². The third kappa shape index (κ3) is 5.21. The molecular formula is C16H22N2O4S. The van der Waals surface area contributed by atoms with E-state index in [0.29, 0.717) is 6.42 Å². The molecule has 6 nitrogen and oxygen atoms in total. The molecule has 0 saturated carbocycles. The second-order valence-electron chi connectivity index (χ2n) is 4.54. The van der Waals surface area contributed by atoms with Crippen molar-refractivity contribution in [3.8, 4) is 16.3 Å². The highest BCUT2D eigenvalue weighted by molar-refractivity contribution is 7.15. The van der Waals surface area contributed by atoms with Crippen molar-refractivity contribution in [3.05, 3.63) is 44.4 Å². The zero-order valence-corrected chi connectivity index (χ0v) is 14.9. The first-order valence-corrected chi connectivity index (χ1v) is 8.21. The summed E-state index contributed by atoms with van der Waals surface area (Å²) in [6.45, 7) is 7.94. The smallest absolute Gasteiger partial charge is 0.294 e. The molecule has 0 aliphatic rings. The quantitative estimate of drug-likeness (QED) is 0.582. The van der Waals surface area contributed by atoms with Crippen LogP contribution in [0.2, 0.25) is 0 Å². The highest BCUT2D eigenvalue weighted by atomic mass is 32.1. The topological polar surface area (TPSA) is 74.5 Å². The summed E-state index contributed by atoms with van der Waals surface area (Å²) in [4.78, 5) is 20.1.